The van der Waals surface area contributed by atoms with Crippen molar-refractivity contribution in [2.24, 2.45) is 0 Å². The fourth-order valence-corrected chi connectivity index (χ4v) is 4.39. The summed E-state index contributed by atoms with van der Waals surface area (Å²) >= 11 is 0. The number of rotatable bonds is 10. The Hall–Kier alpha value is -3.52. The molecule has 0 aliphatic heterocycles. The molecule has 3 aromatic carbocycles. The Kier molecular flexibility index (Phi) is 7.72. The topological polar surface area (TPSA) is 84.9 Å². The maximum Gasteiger partial charge on any atom is 0.264 e. The highest BCUT2D eigenvalue weighted by Gasteiger charge is 2.27. The maximum atomic E-state index is 13.4. The number of benzene rings is 3. The minimum atomic E-state index is -3.98. The first-order valence-electron chi connectivity index (χ1n) is 10.1. The standard InChI is InChI=1S/C24H26N2O5S/c1-19-11-13-23(14-12-19)32(28,29)26(20-7-6-10-22(17-20)30-2)18-24(27)25-15-16-31-21-8-4-3-5-9-21/h3-14,17H,15-16,18H2,1-2H3,(H,25,27). The van der Waals surface area contributed by atoms with Gasteiger partial charge in [0.1, 0.15) is 24.7 Å². The van der Waals surface area contributed by atoms with Gasteiger partial charge < -0.3 is 14.8 Å². The smallest absolute Gasteiger partial charge is 0.264 e. The number of methoxy groups -OCH3 is 1. The van der Waals surface area contributed by atoms with Gasteiger partial charge in [-0.1, -0.05) is 42.0 Å². The van der Waals surface area contributed by atoms with E-state index in [1.807, 2.05) is 37.3 Å². The number of hydrogen-bond acceptors (Lipinski definition) is 5. The third kappa shape index (κ3) is 6.01. The molecule has 0 aromatic heterocycles. The van der Waals surface area contributed by atoms with Gasteiger partial charge >= 0.3 is 0 Å². The molecular weight excluding hydrogens is 428 g/mol. The fraction of sp³-hybridized carbons (Fsp3) is 0.208. The Morgan fingerprint density at radius 3 is 2.31 bits per heavy atom. The van der Waals surface area contributed by atoms with Crippen molar-refractivity contribution in [3.8, 4) is 11.5 Å². The number of carbonyl (C=O) groups excluding carboxylic acids is 1. The first kappa shape index (κ1) is 23.1. The lowest BCUT2D eigenvalue weighted by atomic mass is 10.2. The summed E-state index contributed by atoms with van der Waals surface area (Å²) in [5.74, 6) is 0.741. The van der Waals surface area contributed by atoms with E-state index >= 15 is 0 Å². The van der Waals surface area contributed by atoms with Crippen molar-refractivity contribution in [2.75, 3.05) is 31.1 Å². The van der Waals surface area contributed by atoms with Crippen LogP contribution in [0, 0.1) is 6.92 Å². The zero-order valence-electron chi connectivity index (χ0n) is 18.0. The number of sulfonamides is 1. The Morgan fingerprint density at radius 2 is 1.62 bits per heavy atom. The van der Waals surface area contributed by atoms with Gasteiger partial charge in [-0.25, -0.2) is 8.42 Å². The highest BCUT2D eigenvalue weighted by molar-refractivity contribution is 7.92. The SMILES string of the molecule is COc1cccc(N(CC(=O)NCCOc2ccccc2)S(=O)(=O)c2ccc(C)cc2)c1. The van der Waals surface area contributed by atoms with Crippen molar-refractivity contribution < 1.29 is 22.7 Å². The van der Waals surface area contributed by atoms with Crippen LogP contribution < -0.4 is 19.1 Å². The van der Waals surface area contributed by atoms with E-state index in [0.29, 0.717) is 17.2 Å². The highest BCUT2D eigenvalue weighted by Crippen LogP contribution is 2.27. The minimum absolute atomic E-state index is 0.103. The second-order valence-electron chi connectivity index (χ2n) is 7.04. The van der Waals surface area contributed by atoms with Gasteiger partial charge in [0, 0.05) is 6.07 Å². The highest BCUT2D eigenvalue weighted by atomic mass is 32.2. The van der Waals surface area contributed by atoms with Crippen molar-refractivity contribution in [3.05, 3.63) is 84.4 Å². The fourth-order valence-electron chi connectivity index (χ4n) is 2.98. The van der Waals surface area contributed by atoms with E-state index in [-0.39, 0.29) is 24.6 Å². The van der Waals surface area contributed by atoms with Gasteiger partial charge in [0.05, 0.1) is 24.2 Å². The van der Waals surface area contributed by atoms with Gasteiger partial charge in [-0.15, -0.1) is 0 Å². The molecular formula is C24H26N2O5S. The predicted octanol–water partition coefficient (Wildman–Crippen LogP) is 3.39. The molecule has 7 nitrogen and oxygen atoms in total. The van der Waals surface area contributed by atoms with E-state index in [0.717, 1.165) is 9.87 Å². The Morgan fingerprint density at radius 1 is 0.938 bits per heavy atom. The zero-order chi connectivity index (χ0) is 23.0. The number of nitrogens with one attached hydrogen (secondary N) is 1. The Balaban J connectivity index is 1.75. The molecule has 0 saturated carbocycles. The molecule has 0 heterocycles. The lowest BCUT2D eigenvalue weighted by Crippen LogP contribution is -2.41. The molecule has 0 unspecified atom stereocenters. The summed E-state index contributed by atoms with van der Waals surface area (Å²) < 4.78 is 38.6. The van der Waals surface area contributed by atoms with Crippen LogP contribution in [0.15, 0.2) is 83.8 Å². The molecule has 0 atom stereocenters. The number of anilines is 1. The van der Waals surface area contributed by atoms with Crippen LogP contribution in [-0.2, 0) is 14.8 Å². The molecule has 32 heavy (non-hydrogen) atoms. The van der Waals surface area contributed by atoms with Gasteiger partial charge in [-0.2, -0.15) is 0 Å². The van der Waals surface area contributed by atoms with Gasteiger partial charge in [-0.05, 0) is 43.3 Å². The summed E-state index contributed by atoms with van der Waals surface area (Å²) in [5, 5.41) is 2.71. The van der Waals surface area contributed by atoms with Gasteiger partial charge in [0.2, 0.25) is 5.91 Å². The molecule has 1 amide bonds. The Bertz CT molecular complexity index is 1130. The first-order chi connectivity index (χ1) is 15.4. The van der Waals surface area contributed by atoms with Crippen molar-refractivity contribution >= 4 is 21.6 Å². The molecule has 168 valence electrons. The van der Waals surface area contributed by atoms with Crippen molar-refractivity contribution in [3.63, 3.8) is 0 Å². The third-order valence-electron chi connectivity index (χ3n) is 4.67. The van der Waals surface area contributed by atoms with Crippen LogP contribution in [0.2, 0.25) is 0 Å². The second kappa shape index (κ2) is 10.7. The van der Waals surface area contributed by atoms with Crippen LogP contribution in [0.5, 0.6) is 11.5 Å². The number of hydrogen-bond donors (Lipinski definition) is 1. The normalized spacial score (nSPS) is 10.9. The summed E-state index contributed by atoms with van der Waals surface area (Å²) in [7, 11) is -2.48. The lowest BCUT2D eigenvalue weighted by molar-refractivity contribution is -0.119. The minimum Gasteiger partial charge on any atom is -0.497 e. The van der Waals surface area contributed by atoms with Crippen LogP contribution >= 0.6 is 0 Å². The van der Waals surface area contributed by atoms with Gasteiger partial charge in [-0.3, -0.25) is 9.10 Å². The summed E-state index contributed by atoms with van der Waals surface area (Å²) in [4.78, 5) is 12.7. The van der Waals surface area contributed by atoms with Gasteiger partial charge in [0.15, 0.2) is 0 Å². The first-order valence-corrected chi connectivity index (χ1v) is 11.5. The summed E-state index contributed by atoms with van der Waals surface area (Å²) in [6.07, 6.45) is 0. The number of nitrogens with zero attached hydrogens (tertiary/aromatic N) is 1. The third-order valence-corrected chi connectivity index (χ3v) is 6.46. The molecule has 1 N–H and O–H groups in total. The molecule has 0 aliphatic carbocycles. The van der Waals surface area contributed by atoms with E-state index in [2.05, 4.69) is 5.32 Å². The lowest BCUT2D eigenvalue weighted by Gasteiger charge is -2.24. The van der Waals surface area contributed by atoms with E-state index in [1.165, 1.54) is 19.2 Å². The summed E-state index contributed by atoms with van der Waals surface area (Å²) in [6, 6.07) is 22.3. The predicted molar refractivity (Wildman–Crippen MR) is 124 cm³/mol. The van der Waals surface area contributed by atoms with Crippen LogP contribution in [0.25, 0.3) is 0 Å². The number of ether oxygens (including phenoxy) is 2. The van der Waals surface area contributed by atoms with Crippen molar-refractivity contribution in [2.45, 2.75) is 11.8 Å². The average molecular weight is 455 g/mol. The van der Waals surface area contributed by atoms with Crippen molar-refractivity contribution in [1.82, 2.24) is 5.32 Å². The van der Waals surface area contributed by atoms with Crippen LogP contribution in [0.4, 0.5) is 5.69 Å². The number of amides is 1. The number of carbonyl (C=O) groups is 1. The molecule has 0 fully saturated rings. The molecule has 0 saturated heterocycles. The molecule has 3 aromatic rings. The molecule has 8 heteroatoms. The monoisotopic (exact) mass is 454 g/mol. The zero-order valence-corrected chi connectivity index (χ0v) is 18.8. The summed E-state index contributed by atoms with van der Waals surface area (Å²) in [6.45, 7) is 2.00. The van der Waals surface area contributed by atoms with E-state index in [4.69, 9.17) is 9.47 Å². The Labute approximate surface area is 188 Å². The number of para-hydroxylation sites is 1. The van der Waals surface area contributed by atoms with E-state index in [9.17, 15) is 13.2 Å². The molecule has 0 spiro atoms. The second-order valence-corrected chi connectivity index (χ2v) is 8.90. The summed E-state index contributed by atoms with van der Waals surface area (Å²) in [5.41, 5.74) is 1.27. The molecule has 0 aliphatic rings. The van der Waals surface area contributed by atoms with Gasteiger partial charge in [0.25, 0.3) is 10.0 Å². The maximum absolute atomic E-state index is 13.4. The van der Waals surface area contributed by atoms with E-state index < -0.39 is 15.9 Å². The largest absolute Gasteiger partial charge is 0.497 e. The number of aryl methyl sites for hydroxylation is 1. The van der Waals surface area contributed by atoms with Crippen molar-refractivity contribution in [1.29, 1.82) is 0 Å². The average Bonchev–Trinajstić information content (AvgIpc) is 2.81. The van der Waals surface area contributed by atoms with Crippen LogP contribution in [0.3, 0.4) is 0 Å². The van der Waals surface area contributed by atoms with E-state index in [1.54, 1.807) is 36.4 Å². The van der Waals surface area contributed by atoms with Crippen LogP contribution in [0.1, 0.15) is 5.56 Å². The molecule has 0 bridgehead atoms. The van der Waals surface area contributed by atoms with Crippen LogP contribution in [-0.4, -0.2) is 41.1 Å². The molecule has 0 radical (unpaired) electrons. The quantitative estimate of drug-likeness (QED) is 0.475. The molecule has 3 rings (SSSR count).